The smallest absolute Gasteiger partial charge is 0.0743 e. The van der Waals surface area contributed by atoms with Gasteiger partial charge in [0.25, 0.3) is 0 Å². The van der Waals surface area contributed by atoms with Gasteiger partial charge in [-0.2, -0.15) is 0 Å². The number of aromatic nitrogens is 3. The molecule has 1 atom stereocenters. The fourth-order valence-electron chi connectivity index (χ4n) is 0.931. The Morgan fingerprint density at radius 3 is 3.00 bits per heavy atom. The average Bonchev–Trinajstić information content (AvgIpc) is 2.40. The van der Waals surface area contributed by atoms with E-state index in [0.29, 0.717) is 0 Å². The molecule has 4 heteroatoms. The summed E-state index contributed by atoms with van der Waals surface area (Å²) in [5.74, 6) is 0. The van der Waals surface area contributed by atoms with Gasteiger partial charge < -0.3 is 4.74 Å². The molecule has 0 bridgehead atoms. The fourth-order valence-corrected chi connectivity index (χ4v) is 0.931. The zero-order chi connectivity index (χ0) is 8.10. The molecule has 1 aromatic rings. The quantitative estimate of drug-likeness (QED) is 0.642. The van der Waals surface area contributed by atoms with E-state index in [-0.39, 0.29) is 6.10 Å². The summed E-state index contributed by atoms with van der Waals surface area (Å²) in [6.07, 6.45) is 3.70. The highest BCUT2D eigenvalue weighted by Gasteiger charge is 2.01. The molecule has 1 aromatic heterocycles. The lowest BCUT2D eigenvalue weighted by Crippen LogP contribution is -2.16. The number of ether oxygens (including phenoxy) is 1. The van der Waals surface area contributed by atoms with Crippen molar-refractivity contribution in [1.82, 2.24) is 15.0 Å². The third-order valence-corrected chi connectivity index (χ3v) is 1.37. The van der Waals surface area contributed by atoms with Crippen molar-refractivity contribution in [2.45, 2.75) is 26.5 Å². The summed E-state index contributed by atoms with van der Waals surface area (Å²) in [5.41, 5.74) is 0. The minimum absolute atomic E-state index is 0.210. The minimum Gasteiger partial charge on any atom is -0.377 e. The molecule has 0 N–H and O–H groups in total. The molecule has 0 spiro atoms. The lowest BCUT2D eigenvalue weighted by atomic mass is 10.4. The second-order valence-corrected chi connectivity index (χ2v) is 2.39. The molecule has 4 nitrogen and oxygen atoms in total. The summed E-state index contributed by atoms with van der Waals surface area (Å²) >= 11 is 0. The Bertz CT molecular complexity index is 186. The van der Waals surface area contributed by atoms with E-state index in [9.17, 15) is 0 Å². The van der Waals surface area contributed by atoms with Crippen molar-refractivity contribution in [3.63, 3.8) is 0 Å². The summed E-state index contributed by atoms with van der Waals surface area (Å²) in [5, 5.41) is 7.52. The van der Waals surface area contributed by atoms with Gasteiger partial charge in [-0.05, 0) is 13.8 Å². The zero-order valence-corrected chi connectivity index (χ0v) is 6.90. The Morgan fingerprint density at radius 2 is 2.45 bits per heavy atom. The van der Waals surface area contributed by atoms with Gasteiger partial charge in [-0.15, -0.1) is 5.10 Å². The van der Waals surface area contributed by atoms with Gasteiger partial charge in [0.2, 0.25) is 0 Å². The molecule has 1 rings (SSSR count). The Kier molecular flexibility index (Phi) is 3.04. The molecule has 11 heavy (non-hydrogen) atoms. The molecule has 1 heterocycles. The Morgan fingerprint density at radius 1 is 1.64 bits per heavy atom. The Labute approximate surface area is 66.2 Å². The molecule has 0 aliphatic rings. The van der Waals surface area contributed by atoms with E-state index < -0.39 is 0 Å². The van der Waals surface area contributed by atoms with Crippen molar-refractivity contribution in [2.24, 2.45) is 0 Å². The minimum atomic E-state index is 0.210. The van der Waals surface area contributed by atoms with Gasteiger partial charge >= 0.3 is 0 Å². The summed E-state index contributed by atoms with van der Waals surface area (Å²) in [6, 6.07) is 0. The van der Waals surface area contributed by atoms with Crippen molar-refractivity contribution in [1.29, 1.82) is 0 Å². The van der Waals surface area contributed by atoms with Crippen LogP contribution in [0.5, 0.6) is 0 Å². The van der Waals surface area contributed by atoms with Gasteiger partial charge in [0.15, 0.2) is 0 Å². The van der Waals surface area contributed by atoms with Gasteiger partial charge in [0.1, 0.15) is 0 Å². The lowest BCUT2D eigenvalue weighted by molar-refractivity contribution is 0.0610. The molecule has 0 saturated heterocycles. The van der Waals surface area contributed by atoms with E-state index in [0.717, 1.165) is 13.2 Å². The normalized spacial score (nSPS) is 13.3. The zero-order valence-electron chi connectivity index (χ0n) is 6.90. The van der Waals surface area contributed by atoms with Gasteiger partial charge in [-0.25, -0.2) is 4.68 Å². The van der Waals surface area contributed by atoms with Gasteiger partial charge in [-0.3, -0.25) is 0 Å². The number of hydrogen-bond acceptors (Lipinski definition) is 3. The SMILES string of the molecule is CCOC(C)Cn1ccnn1. The van der Waals surface area contributed by atoms with Crippen LogP contribution in [0.25, 0.3) is 0 Å². The molecule has 0 radical (unpaired) electrons. The van der Waals surface area contributed by atoms with Crippen molar-refractivity contribution < 1.29 is 4.74 Å². The van der Waals surface area contributed by atoms with Crippen LogP contribution in [0.3, 0.4) is 0 Å². The van der Waals surface area contributed by atoms with E-state index in [1.54, 1.807) is 10.9 Å². The third kappa shape index (κ3) is 2.67. The predicted molar refractivity (Wildman–Crippen MR) is 41.1 cm³/mol. The highest BCUT2D eigenvalue weighted by molar-refractivity contribution is 4.65. The predicted octanol–water partition coefficient (Wildman–Crippen LogP) is 0.703. The van der Waals surface area contributed by atoms with Crippen LogP contribution in [0.1, 0.15) is 13.8 Å². The van der Waals surface area contributed by atoms with Crippen molar-refractivity contribution in [2.75, 3.05) is 6.61 Å². The van der Waals surface area contributed by atoms with Gasteiger partial charge in [0, 0.05) is 12.8 Å². The molecule has 0 amide bonds. The van der Waals surface area contributed by atoms with Crippen LogP contribution in [-0.2, 0) is 11.3 Å². The maximum Gasteiger partial charge on any atom is 0.0743 e. The maximum atomic E-state index is 5.33. The monoisotopic (exact) mass is 155 g/mol. The molecule has 1 unspecified atom stereocenters. The first-order valence-corrected chi connectivity index (χ1v) is 3.78. The van der Waals surface area contributed by atoms with Crippen LogP contribution in [0.4, 0.5) is 0 Å². The van der Waals surface area contributed by atoms with Crippen LogP contribution < -0.4 is 0 Å². The summed E-state index contributed by atoms with van der Waals surface area (Å²) in [6.45, 7) is 5.52. The highest BCUT2D eigenvalue weighted by Crippen LogP contribution is 1.93. The van der Waals surface area contributed by atoms with E-state index >= 15 is 0 Å². The Balaban J connectivity index is 2.31. The molecular weight excluding hydrogens is 142 g/mol. The van der Waals surface area contributed by atoms with Gasteiger partial charge in [-0.1, -0.05) is 5.21 Å². The van der Waals surface area contributed by atoms with Crippen molar-refractivity contribution in [3.8, 4) is 0 Å². The molecule has 62 valence electrons. The van der Waals surface area contributed by atoms with Crippen LogP contribution in [0.15, 0.2) is 12.4 Å². The largest absolute Gasteiger partial charge is 0.377 e. The fraction of sp³-hybridized carbons (Fsp3) is 0.714. The first-order valence-electron chi connectivity index (χ1n) is 3.78. The molecule has 0 aromatic carbocycles. The molecule has 0 aliphatic heterocycles. The van der Waals surface area contributed by atoms with Gasteiger partial charge in [0.05, 0.1) is 18.8 Å². The molecule has 0 saturated carbocycles. The van der Waals surface area contributed by atoms with Crippen LogP contribution in [-0.4, -0.2) is 27.7 Å². The molecule has 0 aliphatic carbocycles. The topological polar surface area (TPSA) is 39.9 Å². The maximum absolute atomic E-state index is 5.33. The Hall–Kier alpha value is -0.900. The highest BCUT2D eigenvalue weighted by atomic mass is 16.5. The van der Waals surface area contributed by atoms with E-state index in [1.165, 1.54) is 0 Å². The first-order chi connectivity index (χ1) is 5.33. The first kappa shape index (κ1) is 8.20. The van der Waals surface area contributed by atoms with E-state index in [1.807, 2.05) is 20.0 Å². The number of rotatable bonds is 4. The van der Waals surface area contributed by atoms with E-state index in [2.05, 4.69) is 10.3 Å². The third-order valence-electron chi connectivity index (χ3n) is 1.37. The summed E-state index contributed by atoms with van der Waals surface area (Å²) in [7, 11) is 0. The second kappa shape index (κ2) is 4.08. The van der Waals surface area contributed by atoms with Crippen LogP contribution in [0, 0.1) is 0 Å². The van der Waals surface area contributed by atoms with Crippen molar-refractivity contribution >= 4 is 0 Å². The van der Waals surface area contributed by atoms with E-state index in [4.69, 9.17) is 4.74 Å². The lowest BCUT2D eigenvalue weighted by Gasteiger charge is -2.09. The number of nitrogens with zero attached hydrogens (tertiary/aromatic N) is 3. The summed E-state index contributed by atoms with van der Waals surface area (Å²) < 4.78 is 7.09. The second-order valence-electron chi connectivity index (χ2n) is 2.39. The van der Waals surface area contributed by atoms with Crippen LogP contribution in [0.2, 0.25) is 0 Å². The molecular formula is C7H13N3O. The average molecular weight is 155 g/mol. The summed E-state index contributed by atoms with van der Waals surface area (Å²) in [4.78, 5) is 0. The molecule has 0 fully saturated rings. The van der Waals surface area contributed by atoms with Crippen LogP contribution >= 0.6 is 0 Å². The number of hydrogen-bond donors (Lipinski definition) is 0. The van der Waals surface area contributed by atoms with Crippen molar-refractivity contribution in [3.05, 3.63) is 12.4 Å². The standard InChI is InChI=1S/C7H13N3O/c1-3-11-7(2)6-10-5-4-8-9-10/h4-5,7H,3,6H2,1-2H3.